The van der Waals surface area contributed by atoms with Gasteiger partial charge in [-0.3, -0.25) is 10.1 Å². The molecule has 0 atom stereocenters. The van der Waals surface area contributed by atoms with Crippen molar-refractivity contribution in [1.82, 2.24) is 10.2 Å². The zero-order valence-electron chi connectivity index (χ0n) is 10.0. The Morgan fingerprint density at radius 2 is 2.06 bits per heavy atom. The van der Waals surface area contributed by atoms with Gasteiger partial charge in [0.1, 0.15) is 0 Å². The Bertz CT molecular complexity index is 280. The van der Waals surface area contributed by atoms with Crippen molar-refractivity contribution in [3.8, 4) is 0 Å². The Kier molecular flexibility index (Phi) is 2.66. The van der Waals surface area contributed by atoms with Gasteiger partial charge in [0, 0.05) is 6.54 Å². The average molecular weight is 222 g/mol. The highest BCUT2D eigenvalue weighted by molar-refractivity contribution is 5.91. The number of carbonyl (C=O) groups is 1. The fraction of sp³-hybridized carbons (Fsp3) is 0.923. The summed E-state index contributed by atoms with van der Waals surface area (Å²) in [6, 6.07) is 0. The number of nitrogens with one attached hydrogen (secondary N) is 1. The lowest BCUT2D eigenvalue weighted by Crippen LogP contribution is -2.32. The molecular weight excluding hydrogens is 200 g/mol. The monoisotopic (exact) mass is 222 g/mol. The van der Waals surface area contributed by atoms with Crippen LogP contribution in [0.15, 0.2) is 0 Å². The first-order chi connectivity index (χ1) is 7.80. The number of rotatable bonds is 4. The van der Waals surface area contributed by atoms with Crippen LogP contribution in [0.1, 0.15) is 51.4 Å². The van der Waals surface area contributed by atoms with E-state index in [0.29, 0.717) is 5.91 Å². The van der Waals surface area contributed by atoms with Crippen molar-refractivity contribution in [2.75, 3.05) is 13.2 Å². The summed E-state index contributed by atoms with van der Waals surface area (Å²) in [6.07, 6.45) is 10.4. The summed E-state index contributed by atoms with van der Waals surface area (Å²) in [5.74, 6) is 1.33. The van der Waals surface area contributed by atoms with Crippen LogP contribution in [0.3, 0.4) is 0 Å². The first-order valence-corrected chi connectivity index (χ1v) is 6.85. The molecule has 0 aromatic heterocycles. The molecule has 3 heteroatoms. The number of carbonyl (C=O) groups excluding carboxylic acids is 1. The third-order valence-electron chi connectivity index (χ3n) is 4.57. The number of amides is 1. The van der Waals surface area contributed by atoms with Crippen molar-refractivity contribution < 1.29 is 4.79 Å². The van der Waals surface area contributed by atoms with Crippen LogP contribution in [-0.2, 0) is 4.79 Å². The molecule has 1 N–H and O–H groups in total. The van der Waals surface area contributed by atoms with E-state index in [1.165, 1.54) is 38.5 Å². The number of hydrogen-bond donors (Lipinski definition) is 1. The number of nitrogens with zero attached hydrogens (tertiary/aromatic N) is 1. The summed E-state index contributed by atoms with van der Waals surface area (Å²) < 4.78 is 0. The zero-order valence-corrected chi connectivity index (χ0v) is 10.0. The lowest BCUT2D eigenvalue weighted by molar-refractivity contribution is -0.129. The smallest absolute Gasteiger partial charge is 0.243 e. The Balaban J connectivity index is 1.40. The molecule has 1 amide bonds. The van der Waals surface area contributed by atoms with E-state index in [1.54, 1.807) is 0 Å². The summed E-state index contributed by atoms with van der Waals surface area (Å²) in [7, 11) is 0. The fourth-order valence-corrected chi connectivity index (χ4v) is 3.26. The molecule has 3 aliphatic rings. The molecule has 1 heterocycles. The second-order valence-electron chi connectivity index (χ2n) is 5.78. The maximum absolute atomic E-state index is 12.0. The predicted octanol–water partition coefficient (Wildman–Crippen LogP) is 1.88. The minimum absolute atomic E-state index is 0.0899. The molecule has 1 saturated heterocycles. The lowest BCUT2D eigenvalue weighted by atomic mass is 10.0. The molecular formula is C13H22N2O. The van der Waals surface area contributed by atoms with E-state index in [2.05, 4.69) is 5.32 Å². The molecule has 16 heavy (non-hydrogen) atoms. The lowest BCUT2D eigenvalue weighted by Gasteiger charge is -2.16. The highest BCUT2D eigenvalue weighted by Gasteiger charge is 2.55. The van der Waals surface area contributed by atoms with Crippen LogP contribution >= 0.6 is 0 Å². The third-order valence-corrected chi connectivity index (χ3v) is 4.57. The summed E-state index contributed by atoms with van der Waals surface area (Å²) in [5, 5.41) is 3.36. The van der Waals surface area contributed by atoms with E-state index in [0.717, 1.165) is 32.0 Å². The van der Waals surface area contributed by atoms with Crippen LogP contribution in [0.4, 0.5) is 0 Å². The van der Waals surface area contributed by atoms with Crippen LogP contribution in [0.25, 0.3) is 0 Å². The quantitative estimate of drug-likeness (QED) is 0.787. The summed E-state index contributed by atoms with van der Waals surface area (Å²) in [4.78, 5) is 14.0. The summed E-state index contributed by atoms with van der Waals surface area (Å²) in [5.41, 5.74) is -0.0899. The van der Waals surface area contributed by atoms with Crippen molar-refractivity contribution in [2.45, 2.75) is 56.9 Å². The van der Waals surface area contributed by atoms with Gasteiger partial charge in [0.15, 0.2) is 0 Å². The number of hydrogen-bond acceptors (Lipinski definition) is 2. The van der Waals surface area contributed by atoms with E-state index >= 15 is 0 Å². The summed E-state index contributed by atoms with van der Waals surface area (Å²) in [6.45, 7) is 1.77. The molecule has 2 saturated carbocycles. The van der Waals surface area contributed by atoms with Gasteiger partial charge >= 0.3 is 0 Å². The molecule has 0 aromatic rings. The van der Waals surface area contributed by atoms with E-state index in [-0.39, 0.29) is 5.54 Å². The van der Waals surface area contributed by atoms with Gasteiger partial charge in [-0.2, -0.15) is 0 Å². The zero-order chi connectivity index (χ0) is 11.0. The molecule has 0 bridgehead atoms. The molecule has 3 nitrogen and oxygen atoms in total. The Morgan fingerprint density at radius 3 is 2.69 bits per heavy atom. The molecule has 1 aliphatic heterocycles. The molecule has 0 radical (unpaired) electrons. The average Bonchev–Trinajstić information content (AvgIpc) is 2.78. The normalized spacial score (nSPS) is 28.2. The molecule has 3 rings (SSSR count). The van der Waals surface area contributed by atoms with E-state index in [9.17, 15) is 4.79 Å². The molecule has 0 unspecified atom stereocenters. The van der Waals surface area contributed by atoms with Crippen molar-refractivity contribution in [3.63, 3.8) is 0 Å². The maximum Gasteiger partial charge on any atom is 0.243 e. The summed E-state index contributed by atoms with van der Waals surface area (Å²) >= 11 is 0. The molecule has 90 valence electrons. The second kappa shape index (κ2) is 4.02. The van der Waals surface area contributed by atoms with Gasteiger partial charge in [0.2, 0.25) is 5.91 Å². The Labute approximate surface area is 97.6 Å². The van der Waals surface area contributed by atoms with Gasteiger partial charge in [-0.25, -0.2) is 0 Å². The minimum Gasteiger partial charge on any atom is -0.328 e. The Hall–Kier alpha value is -0.570. The van der Waals surface area contributed by atoms with Crippen LogP contribution < -0.4 is 5.32 Å². The van der Waals surface area contributed by atoms with Crippen LogP contribution in [0.5, 0.6) is 0 Å². The topological polar surface area (TPSA) is 32.3 Å². The van der Waals surface area contributed by atoms with E-state index in [1.807, 2.05) is 4.90 Å². The molecule has 3 fully saturated rings. The first kappa shape index (κ1) is 10.6. The highest BCUT2D eigenvalue weighted by atomic mass is 16.2. The van der Waals surface area contributed by atoms with Crippen molar-refractivity contribution >= 4 is 5.91 Å². The van der Waals surface area contributed by atoms with Crippen LogP contribution in [0, 0.1) is 5.92 Å². The molecule has 0 aromatic carbocycles. The van der Waals surface area contributed by atoms with Gasteiger partial charge in [0.05, 0.1) is 12.2 Å². The van der Waals surface area contributed by atoms with Crippen molar-refractivity contribution in [1.29, 1.82) is 0 Å². The Morgan fingerprint density at radius 1 is 1.31 bits per heavy atom. The SMILES string of the molecule is O=C1N(CCCC2CCCC2)CNC12CC2. The van der Waals surface area contributed by atoms with Gasteiger partial charge < -0.3 is 4.90 Å². The maximum atomic E-state index is 12.0. The standard InChI is InChI=1S/C13H22N2O/c16-12-13(7-8-13)14-10-15(12)9-3-6-11-4-1-2-5-11/h11,14H,1-10H2. The largest absolute Gasteiger partial charge is 0.328 e. The van der Waals surface area contributed by atoms with E-state index in [4.69, 9.17) is 0 Å². The minimum atomic E-state index is -0.0899. The third kappa shape index (κ3) is 1.86. The fourth-order valence-electron chi connectivity index (χ4n) is 3.26. The predicted molar refractivity (Wildman–Crippen MR) is 62.9 cm³/mol. The van der Waals surface area contributed by atoms with Crippen LogP contribution in [0.2, 0.25) is 0 Å². The van der Waals surface area contributed by atoms with Crippen molar-refractivity contribution in [2.24, 2.45) is 5.92 Å². The van der Waals surface area contributed by atoms with Gasteiger partial charge in [0.25, 0.3) is 0 Å². The second-order valence-corrected chi connectivity index (χ2v) is 5.78. The van der Waals surface area contributed by atoms with E-state index < -0.39 is 0 Å². The molecule has 2 aliphatic carbocycles. The first-order valence-electron chi connectivity index (χ1n) is 6.85. The van der Waals surface area contributed by atoms with Crippen molar-refractivity contribution in [3.05, 3.63) is 0 Å². The van der Waals surface area contributed by atoms with Gasteiger partial charge in [-0.15, -0.1) is 0 Å². The highest BCUT2D eigenvalue weighted by Crippen LogP contribution is 2.40. The molecule has 1 spiro atoms. The van der Waals surface area contributed by atoms with Crippen LogP contribution in [-0.4, -0.2) is 29.6 Å². The van der Waals surface area contributed by atoms with Gasteiger partial charge in [-0.05, 0) is 31.6 Å². The van der Waals surface area contributed by atoms with Gasteiger partial charge in [-0.1, -0.05) is 25.7 Å².